The number of aliphatic carboxylic acids is 2. The molecule has 1 rings (SSSR count). The van der Waals surface area contributed by atoms with E-state index in [0.29, 0.717) is 6.08 Å². The van der Waals surface area contributed by atoms with Crippen molar-refractivity contribution < 1.29 is 28.6 Å². The highest BCUT2D eigenvalue weighted by atomic mass is 32.2. The second-order valence-corrected chi connectivity index (χ2v) is 5.70. The van der Waals surface area contributed by atoms with E-state index in [4.69, 9.17) is 5.11 Å². The first-order valence-electron chi connectivity index (χ1n) is 5.61. The lowest BCUT2D eigenvalue weighted by atomic mass is 10.0. The van der Waals surface area contributed by atoms with Gasteiger partial charge in [-0.05, 0) is 6.92 Å². The monoisotopic (exact) mass is 318 g/mol. The van der Waals surface area contributed by atoms with Crippen LogP contribution in [0.4, 0.5) is 0 Å². The van der Waals surface area contributed by atoms with E-state index >= 15 is 0 Å². The average molecular weight is 318 g/mol. The molecule has 0 amide bonds. The average Bonchev–Trinajstić information content (AvgIpc) is 2.86. The molecule has 1 heterocycles. The van der Waals surface area contributed by atoms with Crippen LogP contribution in [0.15, 0.2) is 24.7 Å². The number of hydrogen-bond donors (Lipinski definition) is 4. The minimum atomic E-state index is -2.53. The molecule has 1 aromatic rings. The van der Waals surface area contributed by atoms with Gasteiger partial charge < -0.3 is 20.1 Å². The molecular weight excluding hydrogens is 304 g/mol. The van der Waals surface area contributed by atoms with Gasteiger partial charge >= 0.3 is 11.9 Å². The van der Waals surface area contributed by atoms with Crippen LogP contribution in [0, 0.1) is 0 Å². The molecule has 1 aromatic heterocycles. The number of rotatable bonds is 8. The zero-order valence-corrected chi connectivity index (χ0v) is 11.7. The van der Waals surface area contributed by atoms with E-state index in [-0.39, 0.29) is 6.54 Å². The molecule has 4 N–H and O–H groups in total. The molecule has 0 radical (unpaired) electrons. The fraction of sp³-hybridized carbons (Fsp3) is 0.400. The van der Waals surface area contributed by atoms with Gasteiger partial charge in [0.25, 0.3) is 0 Å². The fourth-order valence-electron chi connectivity index (χ4n) is 1.61. The van der Waals surface area contributed by atoms with Gasteiger partial charge in [0, 0.05) is 18.5 Å². The summed E-state index contributed by atoms with van der Waals surface area (Å²) in [5, 5.41) is 27.2. The van der Waals surface area contributed by atoms with Crippen molar-refractivity contribution in [2.24, 2.45) is 0 Å². The number of aromatic nitrogens is 3. The number of nitrogens with one attached hydrogen (secondary N) is 1. The lowest BCUT2D eigenvalue weighted by Gasteiger charge is -2.31. The van der Waals surface area contributed by atoms with E-state index in [1.807, 2.05) is 0 Å². The second-order valence-electron chi connectivity index (χ2n) is 4.27. The fourth-order valence-corrected chi connectivity index (χ4v) is 2.22. The minimum absolute atomic E-state index is 0.207. The molecule has 0 aromatic carbocycles. The summed E-state index contributed by atoms with van der Waals surface area (Å²) in [6.45, 7) is 1.06. The summed E-state index contributed by atoms with van der Waals surface area (Å²) in [5.74, 6) is -2.69. The van der Waals surface area contributed by atoms with Gasteiger partial charge in [-0.25, -0.2) is 13.8 Å². The number of hydrogen-bond acceptors (Lipinski definition) is 6. The van der Waals surface area contributed by atoms with Gasteiger partial charge in [0.05, 0.1) is 12.7 Å². The quantitative estimate of drug-likeness (QED) is 0.345. The molecule has 11 heteroatoms. The molecule has 10 nitrogen and oxygen atoms in total. The van der Waals surface area contributed by atoms with Crippen molar-refractivity contribution in [3.05, 3.63) is 24.7 Å². The van der Waals surface area contributed by atoms with E-state index in [9.17, 15) is 23.5 Å². The van der Waals surface area contributed by atoms with Gasteiger partial charge in [-0.2, -0.15) is 0 Å². The minimum Gasteiger partial charge on any atom is -0.480 e. The lowest BCUT2D eigenvalue weighted by Crippen LogP contribution is -2.56. The lowest BCUT2D eigenvalue weighted by molar-refractivity contribution is -0.140. The van der Waals surface area contributed by atoms with Crippen LogP contribution in [0.25, 0.3) is 0 Å². The summed E-state index contributed by atoms with van der Waals surface area (Å²) in [6.07, 6.45) is 4.34. The third kappa shape index (κ3) is 4.36. The van der Waals surface area contributed by atoms with Crippen molar-refractivity contribution in [1.29, 1.82) is 0 Å². The Bertz CT molecular complexity index is 560. The molecule has 0 aliphatic carbocycles. The van der Waals surface area contributed by atoms with Crippen LogP contribution in [0.1, 0.15) is 6.92 Å². The Hall–Kier alpha value is -2.27. The Balaban J connectivity index is 3.04. The molecule has 21 heavy (non-hydrogen) atoms. The molecule has 3 atom stereocenters. The maximum absolute atomic E-state index is 11.6. The van der Waals surface area contributed by atoms with Crippen molar-refractivity contribution in [3.63, 3.8) is 0 Å². The molecule has 0 aliphatic rings. The predicted molar refractivity (Wildman–Crippen MR) is 70.5 cm³/mol. The topological polar surface area (TPSA) is 155 Å². The maximum Gasteiger partial charge on any atom is 0.329 e. The summed E-state index contributed by atoms with van der Waals surface area (Å²) in [7, 11) is 0. The molecule has 1 unspecified atom stereocenters. The molecule has 0 saturated carbocycles. The summed E-state index contributed by atoms with van der Waals surface area (Å²) < 4.78 is 20.6. The summed E-state index contributed by atoms with van der Waals surface area (Å²) in [4.78, 5) is 21.7. The van der Waals surface area contributed by atoms with Gasteiger partial charge in [0.15, 0.2) is 11.1 Å². The molecule has 0 spiro atoms. The Morgan fingerprint density at radius 2 is 2.19 bits per heavy atom. The molecule has 0 fully saturated rings. The summed E-state index contributed by atoms with van der Waals surface area (Å²) >= 11 is -2.53. The van der Waals surface area contributed by atoms with Gasteiger partial charge in [0.1, 0.15) is 10.8 Å². The molecule has 116 valence electrons. The summed E-state index contributed by atoms with van der Waals surface area (Å²) in [6, 6.07) is -1.51. The zero-order valence-electron chi connectivity index (χ0n) is 10.9. The van der Waals surface area contributed by atoms with Gasteiger partial charge in [0.2, 0.25) is 0 Å². The van der Waals surface area contributed by atoms with Crippen LogP contribution < -0.4 is 5.32 Å². The Kier molecular flexibility index (Phi) is 5.55. The first-order chi connectivity index (χ1) is 9.77. The second kappa shape index (κ2) is 6.95. The van der Waals surface area contributed by atoms with Crippen LogP contribution in [-0.4, -0.2) is 56.7 Å². The highest BCUT2D eigenvalue weighted by Crippen LogP contribution is 2.21. The standard InChI is InChI=1S/C10H14N4O6S/c1-10(21(19)20,6-14-5-4-12-13-14)8(9(17)18)11-3-2-7(15)16/h2-5,8,11H,6H2,1H3,(H,15,16)(H,17,18)(H,19,20)/b3-2+/t8-,10-/m0/s1. The van der Waals surface area contributed by atoms with E-state index in [2.05, 4.69) is 15.6 Å². The van der Waals surface area contributed by atoms with Gasteiger partial charge in [-0.1, -0.05) is 5.21 Å². The van der Waals surface area contributed by atoms with Crippen molar-refractivity contribution in [1.82, 2.24) is 20.3 Å². The highest BCUT2D eigenvalue weighted by Gasteiger charge is 2.45. The normalized spacial score (nSPS) is 17.0. The van der Waals surface area contributed by atoms with Crippen molar-refractivity contribution in [2.75, 3.05) is 0 Å². The van der Waals surface area contributed by atoms with Crippen molar-refractivity contribution in [2.45, 2.75) is 24.3 Å². The van der Waals surface area contributed by atoms with Crippen LogP contribution in [0.2, 0.25) is 0 Å². The van der Waals surface area contributed by atoms with Crippen LogP contribution in [0.5, 0.6) is 0 Å². The van der Waals surface area contributed by atoms with Crippen LogP contribution in [0.3, 0.4) is 0 Å². The van der Waals surface area contributed by atoms with E-state index < -0.39 is 33.8 Å². The van der Waals surface area contributed by atoms with Gasteiger partial charge in [-0.15, -0.1) is 5.10 Å². The smallest absolute Gasteiger partial charge is 0.329 e. The highest BCUT2D eigenvalue weighted by molar-refractivity contribution is 7.80. The third-order valence-corrected chi connectivity index (χ3v) is 3.86. The van der Waals surface area contributed by atoms with Gasteiger partial charge in [-0.3, -0.25) is 4.68 Å². The zero-order chi connectivity index (χ0) is 16.0. The molecule has 0 aliphatic heterocycles. The van der Waals surface area contributed by atoms with Crippen LogP contribution >= 0.6 is 0 Å². The van der Waals surface area contributed by atoms with E-state index in [1.54, 1.807) is 0 Å². The molecule has 0 saturated heterocycles. The van der Waals surface area contributed by atoms with E-state index in [0.717, 1.165) is 6.20 Å². The first-order valence-corrected chi connectivity index (χ1v) is 6.71. The predicted octanol–water partition coefficient (Wildman–Crippen LogP) is -1.10. The maximum atomic E-state index is 11.6. The summed E-state index contributed by atoms with van der Waals surface area (Å²) in [5.41, 5.74) is 0. The van der Waals surface area contributed by atoms with Crippen molar-refractivity contribution >= 4 is 23.0 Å². The Morgan fingerprint density at radius 3 is 2.62 bits per heavy atom. The van der Waals surface area contributed by atoms with Crippen molar-refractivity contribution in [3.8, 4) is 0 Å². The van der Waals surface area contributed by atoms with E-state index in [1.165, 1.54) is 24.0 Å². The Morgan fingerprint density at radius 1 is 1.52 bits per heavy atom. The molecule has 0 bridgehead atoms. The number of carboxylic acid groups (broad SMARTS) is 2. The Labute approximate surface area is 121 Å². The number of carbonyl (C=O) groups is 2. The number of nitrogens with zero attached hydrogens (tertiary/aromatic N) is 3. The van der Waals surface area contributed by atoms with Crippen LogP contribution in [-0.2, 0) is 27.2 Å². The SMILES string of the molecule is C[C@](Cn1ccnn1)([C@@H](N/C=C/C(=O)O)C(=O)O)S(=O)O. The number of carboxylic acids is 2. The first kappa shape index (κ1) is 16.8. The molecular formula is C10H14N4O6S. The third-order valence-electron chi connectivity index (χ3n) is 2.69. The largest absolute Gasteiger partial charge is 0.480 e.